The Morgan fingerprint density at radius 1 is 1.06 bits per heavy atom. The van der Waals surface area contributed by atoms with E-state index in [2.05, 4.69) is 11.6 Å². The van der Waals surface area contributed by atoms with Gasteiger partial charge in [-0.25, -0.2) is 4.98 Å². The largest absolute Gasteiger partial charge is 0.507 e. The second-order valence-electron chi connectivity index (χ2n) is 7.60. The minimum atomic E-state index is -0.943. The fraction of sp³-hybridized carbons (Fsp3) is 0.148. The highest BCUT2D eigenvalue weighted by molar-refractivity contribution is 6.51. The number of anilines is 1. The molecule has 0 aliphatic carbocycles. The lowest BCUT2D eigenvalue weighted by Crippen LogP contribution is -2.30. The van der Waals surface area contributed by atoms with Gasteiger partial charge >= 0.3 is 5.91 Å². The van der Waals surface area contributed by atoms with Crippen LogP contribution in [0.2, 0.25) is 0 Å². The molecule has 1 fully saturated rings. The number of aliphatic hydroxyl groups is 1. The third-order valence-electron chi connectivity index (χ3n) is 5.56. The number of benzene rings is 2. The molecule has 0 bridgehead atoms. The van der Waals surface area contributed by atoms with E-state index in [9.17, 15) is 14.7 Å². The van der Waals surface area contributed by atoms with E-state index in [-0.39, 0.29) is 17.2 Å². The summed E-state index contributed by atoms with van der Waals surface area (Å²) in [7, 11) is 3.01. The van der Waals surface area contributed by atoms with Crippen molar-refractivity contribution in [1.29, 1.82) is 0 Å². The van der Waals surface area contributed by atoms with Gasteiger partial charge in [0.05, 0.1) is 25.8 Å². The SMILES string of the molecule is C=CCOc1ccc(/C(O)=C2\C(=O)C(=O)N(c3ccccn3)[C@H]2c2ccc(OC)c(OC)c2)cc1. The van der Waals surface area contributed by atoms with Crippen molar-refractivity contribution >= 4 is 23.3 Å². The second kappa shape index (κ2) is 10.1. The van der Waals surface area contributed by atoms with Crippen molar-refractivity contribution in [2.75, 3.05) is 25.7 Å². The Labute approximate surface area is 202 Å². The molecule has 35 heavy (non-hydrogen) atoms. The summed E-state index contributed by atoms with van der Waals surface area (Å²) in [4.78, 5) is 32.0. The number of amides is 1. The van der Waals surface area contributed by atoms with Gasteiger partial charge in [0.2, 0.25) is 0 Å². The third kappa shape index (κ3) is 4.46. The number of aliphatic hydroxyl groups excluding tert-OH is 1. The monoisotopic (exact) mass is 472 g/mol. The summed E-state index contributed by atoms with van der Waals surface area (Å²) in [5.41, 5.74) is 0.841. The molecule has 1 saturated heterocycles. The molecule has 2 aromatic carbocycles. The second-order valence-corrected chi connectivity index (χ2v) is 7.60. The Morgan fingerprint density at radius 3 is 2.43 bits per heavy atom. The van der Waals surface area contributed by atoms with Crippen molar-refractivity contribution in [1.82, 2.24) is 4.98 Å². The molecule has 178 valence electrons. The molecule has 1 aliphatic rings. The van der Waals surface area contributed by atoms with Crippen LogP contribution in [0.3, 0.4) is 0 Å². The number of aromatic nitrogens is 1. The van der Waals surface area contributed by atoms with Gasteiger partial charge in [-0.2, -0.15) is 0 Å². The molecule has 0 unspecified atom stereocenters. The maximum Gasteiger partial charge on any atom is 0.301 e. The number of pyridine rings is 1. The third-order valence-corrected chi connectivity index (χ3v) is 5.56. The lowest BCUT2D eigenvalue weighted by atomic mass is 9.95. The van der Waals surface area contributed by atoms with Gasteiger partial charge in [0, 0.05) is 11.8 Å². The zero-order chi connectivity index (χ0) is 24.9. The number of hydrogen-bond donors (Lipinski definition) is 1. The number of hydrogen-bond acceptors (Lipinski definition) is 7. The molecule has 2 heterocycles. The molecule has 0 spiro atoms. The fourth-order valence-electron chi connectivity index (χ4n) is 3.92. The minimum absolute atomic E-state index is 0.0624. The van der Waals surface area contributed by atoms with Gasteiger partial charge in [0.15, 0.2) is 11.5 Å². The average molecular weight is 472 g/mol. The predicted octanol–water partition coefficient (Wildman–Crippen LogP) is 4.29. The topological polar surface area (TPSA) is 98.2 Å². The van der Waals surface area contributed by atoms with Gasteiger partial charge in [0.1, 0.15) is 23.9 Å². The molecular formula is C27H24N2O6. The lowest BCUT2D eigenvalue weighted by molar-refractivity contribution is -0.132. The predicted molar refractivity (Wildman–Crippen MR) is 131 cm³/mol. The highest BCUT2D eigenvalue weighted by Gasteiger charge is 2.47. The van der Waals surface area contributed by atoms with Crippen LogP contribution in [0.15, 0.2) is 85.1 Å². The van der Waals surface area contributed by atoms with Crippen molar-refractivity contribution in [2.45, 2.75) is 6.04 Å². The van der Waals surface area contributed by atoms with Crippen LogP contribution in [0, 0.1) is 0 Å². The van der Waals surface area contributed by atoms with E-state index < -0.39 is 17.7 Å². The highest BCUT2D eigenvalue weighted by atomic mass is 16.5. The van der Waals surface area contributed by atoms with Crippen molar-refractivity contribution in [3.63, 3.8) is 0 Å². The summed E-state index contributed by atoms with van der Waals surface area (Å²) >= 11 is 0. The molecule has 1 atom stereocenters. The lowest BCUT2D eigenvalue weighted by Gasteiger charge is -2.25. The molecule has 0 radical (unpaired) electrons. The molecule has 8 heteroatoms. The molecule has 3 aromatic rings. The standard InChI is InChI=1S/C27H24N2O6/c1-4-15-35-19-11-8-17(9-12-19)25(30)23-24(18-10-13-20(33-2)21(16-18)34-3)29(27(32)26(23)31)22-7-5-6-14-28-22/h4-14,16,24,30H,1,15H2,2-3H3/b25-23+/t24-/m0/s1. The molecule has 1 aliphatic heterocycles. The summed E-state index contributed by atoms with van der Waals surface area (Å²) in [5.74, 6) is -0.164. The Balaban J connectivity index is 1.88. The summed E-state index contributed by atoms with van der Waals surface area (Å²) in [6.45, 7) is 3.95. The highest BCUT2D eigenvalue weighted by Crippen LogP contribution is 2.43. The van der Waals surface area contributed by atoms with E-state index in [1.54, 1.807) is 66.7 Å². The van der Waals surface area contributed by atoms with Gasteiger partial charge < -0.3 is 19.3 Å². The van der Waals surface area contributed by atoms with E-state index in [1.165, 1.54) is 25.3 Å². The first-order valence-electron chi connectivity index (χ1n) is 10.8. The number of rotatable bonds is 8. The van der Waals surface area contributed by atoms with E-state index in [0.717, 1.165) is 0 Å². The summed E-state index contributed by atoms with van der Waals surface area (Å²) in [5, 5.41) is 11.2. The van der Waals surface area contributed by atoms with E-state index in [1.807, 2.05) is 0 Å². The Kier molecular flexibility index (Phi) is 6.82. The van der Waals surface area contributed by atoms with E-state index in [0.29, 0.717) is 35.0 Å². The minimum Gasteiger partial charge on any atom is -0.507 e. The number of methoxy groups -OCH3 is 2. The summed E-state index contributed by atoms with van der Waals surface area (Å²) in [6, 6.07) is 15.7. The van der Waals surface area contributed by atoms with Crippen LogP contribution < -0.4 is 19.1 Å². The molecule has 8 nitrogen and oxygen atoms in total. The van der Waals surface area contributed by atoms with E-state index >= 15 is 0 Å². The molecular weight excluding hydrogens is 448 g/mol. The van der Waals surface area contributed by atoms with Gasteiger partial charge in [-0.3, -0.25) is 14.5 Å². The summed E-state index contributed by atoms with van der Waals surface area (Å²) in [6.07, 6.45) is 3.15. The summed E-state index contributed by atoms with van der Waals surface area (Å²) < 4.78 is 16.2. The number of Topliss-reactive ketones (excluding diaryl/α,β-unsaturated/α-hetero) is 1. The van der Waals surface area contributed by atoms with Crippen molar-refractivity contribution < 1.29 is 28.9 Å². The van der Waals surface area contributed by atoms with Crippen LogP contribution in [0.5, 0.6) is 17.2 Å². The van der Waals surface area contributed by atoms with Crippen LogP contribution in [0.25, 0.3) is 5.76 Å². The normalized spacial score (nSPS) is 16.7. The zero-order valence-corrected chi connectivity index (χ0v) is 19.3. The van der Waals surface area contributed by atoms with Crippen LogP contribution in [0.1, 0.15) is 17.2 Å². The molecule has 1 amide bonds. The average Bonchev–Trinajstić information content (AvgIpc) is 3.17. The molecule has 4 rings (SSSR count). The Bertz CT molecular complexity index is 1280. The van der Waals surface area contributed by atoms with Crippen LogP contribution >= 0.6 is 0 Å². The Morgan fingerprint density at radius 2 is 1.80 bits per heavy atom. The molecule has 1 aromatic heterocycles. The maximum absolute atomic E-state index is 13.2. The van der Waals surface area contributed by atoms with Gasteiger partial charge in [-0.05, 0) is 54.1 Å². The Hall–Kier alpha value is -4.59. The number of ketones is 1. The van der Waals surface area contributed by atoms with E-state index in [4.69, 9.17) is 14.2 Å². The van der Waals surface area contributed by atoms with Gasteiger partial charge in [0.25, 0.3) is 5.78 Å². The first-order chi connectivity index (χ1) is 17.0. The van der Waals surface area contributed by atoms with Gasteiger partial charge in [-0.15, -0.1) is 0 Å². The van der Waals surface area contributed by atoms with Crippen molar-refractivity contribution in [2.24, 2.45) is 0 Å². The van der Waals surface area contributed by atoms with Crippen molar-refractivity contribution in [3.05, 3.63) is 96.2 Å². The van der Waals surface area contributed by atoms with Crippen LogP contribution in [0.4, 0.5) is 5.82 Å². The quantitative estimate of drug-likeness (QED) is 0.226. The van der Waals surface area contributed by atoms with Crippen LogP contribution in [-0.2, 0) is 9.59 Å². The van der Waals surface area contributed by atoms with Crippen LogP contribution in [-0.4, -0.2) is 42.6 Å². The number of carbonyl (C=O) groups is 2. The smallest absolute Gasteiger partial charge is 0.301 e. The van der Waals surface area contributed by atoms with Crippen molar-refractivity contribution in [3.8, 4) is 17.2 Å². The number of ether oxygens (including phenoxy) is 3. The number of carbonyl (C=O) groups excluding carboxylic acids is 2. The maximum atomic E-state index is 13.2. The van der Waals surface area contributed by atoms with Gasteiger partial charge in [-0.1, -0.05) is 24.8 Å². The molecule has 0 saturated carbocycles. The zero-order valence-electron chi connectivity index (χ0n) is 19.3. The fourth-order valence-corrected chi connectivity index (χ4v) is 3.92. The molecule has 1 N–H and O–H groups in total. The first-order valence-corrected chi connectivity index (χ1v) is 10.8. The number of nitrogens with zero attached hydrogens (tertiary/aromatic N) is 2. The first kappa shape index (κ1) is 23.6.